The fourth-order valence-electron chi connectivity index (χ4n) is 17.1. The highest BCUT2D eigenvalue weighted by Crippen LogP contribution is 2.42. The lowest BCUT2D eigenvalue weighted by Gasteiger charge is -2.15. The Morgan fingerprint density at radius 2 is 0.492 bits per heavy atom. The van der Waals surface area contributed by atoms with E-state index in [2.05, 4.69) is 297 Å². The summed E-state index contributed by atoms with van der Waals surface area (Å²) in [5, 5.41) is 13.6. The minimum atomic E-state index is -0.278. The summed E-state index contributed by atoms with van der Waals surface area (Å²) in [7, 11) is 0. The number of para-hydroxylation sites is 8. The largest absolute Gasteiger partial charge is 0.309 e. The Bertz CT molecular complexity index is 7360. The Labute approximate surface area is 675 Å². The van der Waals surface area contributed by atoms with Crippen molar-refractivity contribution in [3.05, 3.63) is 412 Å². The predicted octanol–water partition coefficient (Wildman–Crippen LogP) is 25.9. The van der Waals surface area contributed by atoms with Gasteiger partial charge in [-0.05, 0) is 114 Å². The molecule has 0 unspecified atom stereocenters. The summed E-state index contributed by atoms with van der Waals surface area (Å²) in [4.78, 5) is 35.4. The van der Waals surface area contributed by atoms with Crippen molar-refractivity contribution in [2.24, 2.45) is 0 Å². The molecule has 0 aliphatic carbocycles. The van der Waals surface area contributed by atoms with Gasteiger partial charge in [-0.1, -0.05) is 297 Å². The van der Waals surface area contributed by atoms with Crippen molar-refractivity contribution in [3.63, 3.8) is 0 Å². The summed E-state index contributed by atoms with van der Waals surface area (Å²) in [6.07, 6.45) is 0. The average Bonchev–Trinajstić information content (AvgIpc) is 1.58. The molecule has 13 heteroatoms. The lowest BCUT2D eigenvalue weighted by Crippen LogP contribution is -2.10. The first-order valence-corrected chi connectivity index (χ1v) is 39.4. The van der Waals surface area contributed by atoms with E-state index in [1.807, 2.05) is 114 Å². The van der Waals surface area contributed by atoms with Crippen LogP contribution >= 0.6 is 0 Å². The third-order valence-electron chi connectivity index (χ3n) is 22.4. The van der Waals surface area contributed by atoms with E-state index in [-0.39, 0.29) is 5.82 Å². The van der Waals surface area contributed by atoms with Crippen molar-refractivity contribution >= 4 is 120 Å². The first-order valence-electron chi connectivity index (χ1n) is 39.4. The minimum Gasteiger partial charge on any atom is -0.309 e. The number of hydrogen-bond donors (Lipinski definition) is 0. The molecule has 0 atom stereocenters. The first kappa shape index (κ1) is 68.7. The molecule has 118 heavy (non-hydrogen) atoms. The molecule has 0 saturated carbocycles. The number of rotatable bonds is 10. The predicted molar refractivity (Wildman–Crippen MR) is 480 cm³/mol. The van der Waals surface area contributed by atoms with E-state index < -0.39 is 0 Å². The highest BCUT2D eigenvalue weighted by molar-refractivity contribution is 6.21. The van der Waals surface area contributed by atoms with Gasteiger partial charge >= 0.3 is 0 Å². The monoisotopic (exact) mass is 1510 g/mol. The molecule has 8 heterocycles. The zero-order valence-corrected chi connectivity index (χ0v) is 63.4. The van der Waals surface area contributed by atoms with Crippen LogP contribution < -0.4 is 0 Å². The minimum absolute atomic E-state index is 0.278. The van der Waals surface area contributed by atoms with Gasteiger partial charge in [-0.25, -0.2) is 19.3 Å². The third kappa shape index (κ3) is 11.9. The number of fused-ring (bicyclic) bond motifs is 17. The summed E-state index contributed by atoms with van der Waals surface area (Å²) in [5.74, 6) is 4.35. The molecule has 0 radical (unpaired) electrons. The Hall–Kier alpha value is -16.1. The number of hydrogen-bond acceptors (Lipinski definition) is 7. The van der Waals surface area contributed by atoms with Crippen molar-refractivity contribution in [1.29, 1.82) is 0 Å². The van der Waals surface area contributed by atoms with E-state index in [4.69, 9.17) is 34.9 Å². The molecule has 0 bridgehead atoms. The number of benzene rings is 16. The maximum absolute atomic E-state index is 14.5. The van der Waals surface area contributed by atoms with Gasteiger partial charge in [0.15, 0.2) is 17.5 Å². The van der Waals surface area contributed by atoms with Crippen LogP contribution in [0.1, 0.15) is 0 Å². The number of halogens is 1. The van der Waals surface area contributed by atoms with Gasteiger partial charge in [0.1, 0.15) is 17.5 Å². The smallest absolute Gasteiger partial charge is 0.238 e. The van der Waals surface area contributed by atoms with Gasteiger partial charge in [-0.15, -0.1) is 0 Å². The Morgan fingerprint density at radius 1 is 0.186 bits per heavy atom. The highest BCUT2D eigenvalue weighted by Gasteiger charge is 2.25. The lowest BCUT2D eigenvalue weighted by atomic mass is 10.0. The molecule has 0 spiro atoms. The highest BCUT2D eigenvalue weighted by atomic mass is 19.1. The molecule has 24 aromatic rings. The summed E-state index contributed by atoms with van der Waals surface area (Å²) in [6, 6.07) is 139. The molecule has 0 saturated heterocycles. The van der Waals surface area contributed by atoms with Crippen LogP contribution in [-0.4, -0.2) is 57.7 Å². The summed E-state index contributed by atoms with van der Waals surface area (Å²) in [5.41, 5.74) is 18.6. The molecule has 0 N–H and O–H groups in total. The van der Waals surface area contributed by atoms with Gasteiger partial charge in [0.05, 0.1) is 66.6 Å². The van der Waals surface area contributed by atoms with Crippen molar-refractivity contribution < 1.29 is 4.39 Å². The number of aromatic nitrogens is 12. The summed E-state index contributed by atoms with van der Waals surface area (Å²) >= 11 is 0. The number of nitrogens with zero attached hydrogens (tertiary/aromatic N) is 12. The quantitative estimate of drug-likeness (QED) is 0.134. The molecule has 0 aliphatic rings. The van der Waals surface area contributed by atoms with Crippen molar-refractivity contribution in [3.8, 4) is 85.9 Å². The Balaban J connectivity index is 0.000000108. The third-order valence-corrected chi connectivity index (χ3v) is 22.4. The van der Waals surface area contributed by atoms with Gasteiger partial charge in [-0.2, -0.15) is 19.9 Å². The summed E-state index contributed by atoms with van der Waals surface area (Å²) < 4.78 is 25.6. The molecule has 554 valence electrons. The van der Waals surface area contributed by atoms with E-state index in [0.29, 0.717) is 29.4 Å². The Morgan fingerprint density at radius 3 is 0.907 bits per heavy atom. The van der Waals surface area contributed by atoms with Crippen LogP contribution in [0.25, 0.3) is 206 Å². The van der Waals surface area contributed by atoms with Crippen molar-refractivity contribution in [1.82, 2.24) is 57.7 Å². The standard InChI is InChI=1S/C40H25N5.C34H23N3.C31H19FN4/c1-7-19-32-26(13-1)27-14-2-8-20-33(27)43(32)38-25-39(44-34-21-9-3-15-28(34)29-16-4-10-22-35(29)44)42-40(41-38)45-36-23-11-5-17-30(36)31-18-6-12-24-37(31)45;1-3-11-24(12-4-1)30-23-31(25-13-5-2-6-14-25)36-34(35-30)26-19-21-27(22-20-26)37-32-17-9-7-15-28(32)29-16-8-10-18-33(29)37;32-23-16-18-26-25(19-23)28-24-14-8-7-9-20(24)15-17-27(28)36(26)31-34-29(21-10-3-1-4-11-21)33-30(35-31)22-12-5-2-6-13-22/h1-25H;1-23H;1-19H. The van der Waals surface area contributed by atoms with E-state index in [1.54, 1.807) is 12.1 Å². The summed E-state index contributed by atoms with van der Waals surface area (Å²) in [6.45, 7) is 0. The molecule has 8 aromatic heterocycles. The fraction of sp³-hybridized carbons (Fsp3) is 0. The fourth-order valence-corrected chi connectivity index (χ4v) is 17.1. The molecule has 16 aromatic carbocycles. The molecule has 12 nitrogen and oxygen atoms in total. The molecule has 0 fully saturated rings. The SMILES string of the molecule is Fc1ccc2c(c1)c1c3ccccc3ccc1n2-c1nc(-c2ccccc2)nc(-c2ccccc2)n1.c1ccc(-c2cc(-c3ccccc3)nc(-c3ccc(-n4c5ccccc5c5ccccc54)cc3)n2)cc1.c1ccc2c(c1)c1ccccc1n2-c1cc(-n2c3ccccc3c3ccccc32)nc(-n2c3ccccc3c3ccccc32)n1. The van der Waals surface area contributed by atoms with Crippen LogP contribution in [0.4, 0.5) is 4.39 Å². The second-order valence-corrected chi connectivity index (χ2v) is 29.3. The van der Waals surface area contributed by atoms with Crippen LogP contribution in [0.3, 0.4) is 0 Å². The second-order valence-electron chi connectivity index (χ2n) is 29.3. The molecular weight excluding hydrogens is 1450 g/mol. The Kier molecular flexibility index (Phi) is 16.8. The maximum atomic E-state index is 14.5. The second kappa shape index (κ2) is 28.8. The van der Waals surface area contributed by atoms with E-state index in [1.165, 1.54) is 60.2 Å². The van der Waals surface area contributed by atoms with Gasteiger partial charge in [0, 0.05) is 93.4 Å². The first-order chi connectivity index (χ1) is 58.5. The van der Waals surface area contributed by atoms with E-state index in [0.717, 1.165) is 122 Å². The van der Waals surface area contributed by atoms with Crippen LogP contribution in [0, 0.1) is 5.82 Å². The van der Waals surface area contributed by atoms with Crippen molar-refractivity contribution in [2.45, 2.75) is 0 Å². The van der Waals surface area contributed by atoms with Crippen LogP contribution in [0.15, 0.2) is 406 Å². The van der Waals surface area contributed by atoms with Crippen LogP contribution in [0.5, 0.6) is 0 Å². The van der Waals surface area contributed by atoms with Gasteiger partial charge in [0.2, 0.25) is 11.9 Å². The zero-order valence-electron chi connectivity index (χ0n) is 63.4. The van der Waals surface area contributed by atoms with Crippen LogP contribution in [-0.2, 0) is 0 Å². The zero-order chi connectivity index (χ0) is 78.2. The van der Waals surface area contributed by atoms with Crippen molar-refractivity contribution in [2.75, 3.05) is 0 Å². The van der Waals surface area contributed by atoms with E-state index >= 15 is 0 Å². The van der Waals surface area contributed by atoms with E-state index in [9.17, 15) is 4.39 Å². The normalized spacial score (nSPS) is 11.6. The van der Waals surface area contributed by atoms with Gasteiger partial charge in [-0.3, -0.25) is 18.3 Å². The molecule has 24 rings (SSSR count). The molecule has 0 aliphatic heterocycles. The lowest BCUT2D eigenvalue weighted by molar-refractivity contribution is 0.629. The van der Waals surface area contributed by atoms with Crippen LogP contribution in [0.2, 0.25) is 0 Å². The maximum Gasteiger partial charge on any atom is 0.238 e. The van der Waals surface area contributed by atoms with Gasteiger partial charge in [0.25, 0.3) is 0 Å². The van der Waals surface area contributed by atoms with Gasteiger partial charge < -0.3 is 4.57 Å². The topological polar surface area (TPSA) is 115 Å². The average molecular weight is 1520 g/mol. The molecule has 0 amide bonds. The molecular formula is C105H67FN12.